The number of nitrogens with one attached hydrogen (secondary N) is 1. The Balaban J connectivity index is 1.54. The van der Waals surface area contributed by atoms with Gasteiger partial charge in [0, 0.05) is 30.7 Å². The molecular weight excluding hydrogens is 312 g/mol. The topological polar surface area (TPSA) is 45.5 Å². The van der Waals surface area contributed by atoms with Crippen molar-refractivity contribution in [2.45, 2.75) is 31.3 Å². The first kappa shape index (κ1) is 14.8. The van der Waals surface area contributed by atoms with E-state index in [1.807, 2.05) is 35.2 Å². The Morgan fingerprint density at radius 3 is 2.83 bits per heavy atom. The molecule has 2 aliphatic heterocycles. The number of furan rings is 1. The summed E-state index contributed by atoms with van der Waals surface area (Å²) < 4.78 is 5.79. The maximum absolute atomic E-state index is 12.7. The molecule has 2 fully saturated rings. The van der Waals surface area contributed by atoms with Crippen LogP contribution in [0.3, 0.4) is 0 Å². The third kappa shape index (κ3) is 2.89. The van der Waals surface area contributed by atoms with Crippen LogP contribution in [0.1, 0.15) is 29.8 Å². The van der Waals surface area contributed by atoms with Gasteiger partial charge in [0.15, 0.2) is 5.76 Å². The van der Waals surface area contributed by atoms with Crippen LogP contribution >= 0.6 is 11.6 Å². The standard InChI is InChI=1S/C18H19ClN2O2/c19-15-4-2-1-3-14(15)16-7-8-17(23-16)18(22)21-10-9-12-5-6-13(11-21)20-12/h1-4,7-8,12-13,20H,5-6,9-11H2. The zero-order valence-corrected chi connectivity index (χ0v) is 13.6. The van der Waals surface area contributed by atoms with E-state index in [1.54, 1.807) is 6.07 Å². The maximum Gasteiger partial charge on any atom is 0.289 e. The van der Waals surface area contributed by atoms with Crippen LogP contribution in [0.4, 0.5) is 0 Å². The molecule has 120 valence electrons. The lowest BCUT2D eigenvalue weighted by Gasteiger charge is -2.23. The van der Waals surface area contributed by atoms with E-state index in [0.29, 0.717) is 28.6 Å². The molecule has 2 bridgehead atoms. The maximum atomic E-state index is 12.7. The number of nitrogens with zero attached hydrogens (tertiary/aromatic N) is 1. The Labute approximate surface area is 140 Å². The van der Waals surface area contributed by atoms with Crippen molar-refractivity contribution in [3.8, 4) is 11.3 Å². The van der Waals surface area contributed by atoms with Crippen LogP contribution in [0.25, 0.3) is 11.3 Å². The van der Waals surface area contributed by atoms with Gasteiger partial charge in [-0.25, -0.2) is 0 Å². The fourth-order valence-corrected chi connectivity index (χ4v) is 3.77. The molecular formula is C18H19ClN2O2. The predicted octanol–water partition coefficient (Wildman–Crippen LogP) is 3.57. The van der Waals surface area contributed by atoms with Crippen molar-refractivity contribution >= 4 is 17.5 Å². The van der Waals surface area contributed by atoms with Gasteiger partial charge < -0.3 is 14.6 Å². The van der Waals surface area contributed by atoms with Gasteiger partial charge in [-0.05, 0) is 43.5 Å². The monoisotopic (exact) mass is 330 g/mol. The summed E-state index contributed by atoms with van der Waals surface area (Å²) in [5.41, 5.74) is 0.810. The van der Waals surface area contributed by atoms with Gasteiger partial charge in [-0.2, -0.15) is 0 Å². The highest BCUT2D eigenvalue weighted by Crippen LogP contribution is 2.30. The summed E-state index contributed by atoms with van der Waals surface area (Å²) in [7, 11) is 0. The van der Waals surface area contributed by atoms with Gasteiger partial charge in [-0.15, -0.1) is 0 Å². The van der Waals surface area contributed by atoms with E-state index in [-0.39, 0.29) is 5.91 Å². The van der Waals surface area contributed by atoms with Crippen molar-refractivity contribution in [2.75, 3.05) is 13.1 Å². The Kier molecular flexibility index (Phi) is 3.87. The highest BCUT2D eigenvalue weighted by Gasteiger charge is 2.32. The van der Waals surface area contributed by atoms with Crippen LogP contribution in [-0.4, -0.2) is 36.0 Å². The van der Waals surface area contributed by atoms with Crippen molar-refractivity contribution in [2.24, 2.45) is 0 Å². The lowest BCUT2D eigenvalue weighted by molar-refractivity contribution is 0.0717. The van der Waals surface area contributed by atoms with Gasteiger partial charge in [0.1, 0.15) is 5.76 Å². The molecule has 5 heteroatoms. The number of hydrogen-bond acceptors (Lipinski definition) is 3. The molecule has 1 amide bonds. The first-order chi connectivity index (χ1) is 11.2. The summed E-state index contributed by atoms with van der Waals surface area (Å²) in [4.78, 5) is 14.6. The quantitative estimate of drug-likeness (QED) is 0.915. The largest absolute Gasteiger partial charge is 0.451 e. The van der Waals surface area contributed by atoms with Gasteiger partial charge in [0.25, 0.3) is 5.91 Å². The SMILES string of the molecule is O=C(c1ccc(-c2ccccc2Cl)o1)N1CCC2CCC(C1)N2. The zero-order chi connectivity index (χ0) is 15.8. The highest BCUT2D eigenvalue weighted by molar-refractivity contribution is 6.33. The lowest BCUT2D eigenvalue weighted by Crippen LogP contribution is -2.38. The van der Waals surface area contributed by atoms with Gasteiger partial charge in [0.05, 0.1) is 5.02 Å². The summed E-state index contributed by atoms with van der Waals surface area (Å²) in [6.07, 6.45) is 3.39. The number of carbonyl (C=O) groups is 1. The Morgan fingerprint density at radius 2 is 1.96 bits per heavy atom. The van der Waals surface area contributed by atoms with E-state index in [4.69, 9.17) is 16.0 Å². The van der Waals surface area contributed by atoms with E-state index in [1.165, 1.54) is 6.42 Å². The molecule has 2 atom stereocenters. The van der Waals surface area contributed by atoms with Crippen molar-refractivity contribution in [3.05, 3.63) is 47.2 Å². The van der Waals surface area contributed by atoms with Crippen LogP contribution in [0, 0.1) is 0 Å². The number of fused-ring (bicyclic) bond motifs is 2. The number of benzene rings is 1. The van der Waals surface area contributed by atoms with Crippen molar-refractivity contribution < 1.29 is 9.21 Å². The minimum Gasteiger partial charge on any atom is -0.451 e. The van der Waals surface area contributed by atoms with Gasteiger partial charge in [-0.3, -0.25) is 4.79 Å². The Morgan fingerprint density at radius 1 is 1.13 bits per heavy atom. The van der Waals surface area contributed by atoms with Crippen LogP contribution in [-0.2, 0) is 0 Å². The van der Waals surface area contributed by atoms with E-state index in [9.17, 15) is 4.79 Å². The molecule has 0 spiro atoms. The molecule has 3 heterocycles. The summed E-state index contributed by atoms with van der Waals surface area (Å²) in [5.74, 6) is 0.990. The van der Waals surface area contributed by atoms with Crippen LogP contribution in [0.15, 0.2) is 40.8 Å². The molecule has 2 unspecified atom stereocenters. The van der Waals surface area contributed by atoms with Gasteiger partial charge in [-0.1, -0.05) is 23.7 Å². The lowest BCUT2D eigenvalue weighted by atomic mass is 10.1. The molecule has 1 N–H and O–H groups in total. The van der Waals surface area contributed by atoms with Crippen LogP contribution in [0.5, 0.6) is 0 Å². The number of amides is 1. The molecule has 23 heavy (non-hydrogen) atoms. The van der Waals surface area contributed by atoms with Crippen LogP contribution < -0.4 is 5.32 Å². The molecule has 0 saturated carbocycles. The molecule has 0 aliphatic carbocycles. The van der Waals surface area contributed by atoms with E-state index in [2.05, 4.69) is 5.32 Å². The second-order valence-electron chi connectivity index (χ2n) is 6.32. The van der Waals surface area contributed by atoms with Crippen LogP contribution in [0.2, 0.25) is 5.02 Å². The molecule has 0 radical (unpaired) electrons. The molecule has 2 aliphatic rings. The second-order valence-corrected chi connectivity index (χ2v) is 6.73. The predicted molar refractivity (Wildman–Crippen MR) is 89.6 cm³/mol. The van der Waals surface area contributed by atoms with Gasteiger partial charge in [0.2, 0.25) is 0 Å². The smallest absolute Gasteiger partial charge is 0.289 e. The molecule has 4 rings (SSSR count). The molecule has 2 saturated heterocycles. The average molecular weight is 331 g/mol. The average Bonchev–Trinajstić information content (AvgIpc) is 3.14. The first-order valence-electron chi connectivity index (χ1n) is 8.11. The molecule has 4 nitrogen and oxygen atoms in total. The number of likely N-dealkylation sites (tertiary alicyclic amines) is 1. The minimum atomic E-state index is -0.0300. The Hall–Kier alpha value is -1.78. The van der Waals surface area contributed by atoms with E-state index < -0.39 is 0 Å². The minimum absolute atomic E-state index is 0.0300. The fraction of sp³-hybridized carbons (Fsp3) is 0.389. The van der Waals surface area contributed by atoms with E-state index in [0.717, 1.165) is 31.5 Å². The normalized spacial score (nSPS) is 23.8. The molecule has 2 aromatic rings. The third-order valence-electron chi connectivity index (χ3n) is 4.77. The fourth-order valence-electron chi connectivity index (χ4n) is 3.54. The Bertz CT molecular complexity index is 727. The molecule has 1 aromatic heterocycles. The van der Waals surface area contributed by atoms with Crippen molar-refractivity contribution in [1.82, 2.24) is 10.2 Å². The second kappa shape index (κ2) is 6.02. The number of hydrogen-bond donors (Lipinski definition) is 1. The van der Waals surface area contributed by atoms with Crippen molar-refractivity contribution in [3.63, 3.8) is 0 Å². The number of rotatable bonds is 2. The van der Waals surface area contributed by atoms with Crippen molar-refractivity contribution in [1.29, 1.82) is 0 Å². The number of carbonyl (C=O) groups excluding carboxylic acids is 1. The summed E-state index contributed by atoms with van der Waals surface area (Å²) in [6.45, 7) is 1.55. The highest BCUT2D eigenvalue weighted by atomic mass is 35.5. The number of halogens is 1. The van der Waals surface area contributed by atoms with E-state index >= 15 is 0 Å². The summed E-state index contributed by atoms with van der Waals surface area (Å²) in [6, 6.07) is 12.0. The molecule has 1 aromatic carbocycles. The third-order valence-corrected chi connectivity index (χ3v) is 5.10. The summed E-state index contributed by atoms with van der Waals surface area (Å²) >= 11 is 6.20. The first-order valence-corrected chi connectivity index (χ1v) is 8.48. The summed E-state index contributed by atoms with van der Waals surface area (Å²) in [5, 5.41) is 4.21. The van der Waals surface area contributed by atoms with Gasteiger partial charge >= 0.3 is 0 Å². The zero-order valence-electron chi connectivity index (χ0n) is 12.8.